The number of nitrogens with zero attached hydrogens (tertiary/aromatic N) is 2. The van der Waals surface area contributed by atoms with Gasteiger partial charge in [-0.15, -0.1) is 13.2 Å². The van der Waals surface area contributed by atoms with Crippen LogP contribution in [0.15, 0.2) is 36.4 Å². The Morgan fingerprint density at radius 2 is 1.86 bits per heavy atom. The first-order chi connectivity index (χ1) is 16.3. The number of carbonyl (C=O) groups is 1. The first-order valence-corrected chi connectivity index (χ1v) is 11.3. The van der Waals surface area contributed by atoms with E-state index in [1.165, 1.54) is 43.5 Å². The van der Waals surface area contributed by atoms with Crippen LogP contribution in [0.3, 0.4) is 0 Å². The molecule has 1 aromatic heterocycles. The lowest BCUT2D eigenvalue weighted by atomic mass is 9.70. The molecule has 0 spiro atoms. The number of imidazole rings is 1. The predicted octanol–water partition coefficient (Wildman–Crippen LogP) is 6.99. The summed E-state index contributed by atoms with van der Waals surface area (Å²) in [6.07, 6.45) is -2.05. The zero-order valence-corrected chi connectivity index (χ0v) is 19.9. The van der Waals surface area contributed by atoms with Gasteiger partial charge in [0, 0.05) is 17.8 Å². The highest BCUT2D eigenvalue weighted by atomic mass is 19.4. The second-order valence-corrected chi connectivity index (χ2v) is 9.88. The summed E-state index contributed by atoms with van der Waals surface area (Å²) in [5, 5.41) is 3.15. The van der Waals surface area contributed by atoms with Crippen molar-refractivity contribution in [1.29, 1.82) is 0 Å². The highest BCUT2D eigenvalue weighted by molar-refractivity contribution is 5.94. The molecule has 1 heterocycles. The number of hydrogen-bond donors (Lipinski definition) is 1. The average Bonchev–Trinajstić information content (AvgIpc) is 3.08. The smallest absolute Gasteiger partial charge is 0.465 e. The third-order valence-electron chi connectivity index (χ3n) is 6.26. The number of ether oxygens (including phenoxy) is 2. The molecule has 1 fully saturated rings. The van der Waals surface area contributed by atoms with Crippen LogP contribution < -0.4 is 10.1 Å². The van der Waals surface area contributed by atoms with Crippen molar-refractivity contribution in [3.05, 3.63) is 47.8 Å². The summed E-state index contributed by atoms with van der Waals surface area (Å²) in [5.74, 6) is -1.04. The highest BCUT2D eigenvalue weighted by Crippen LogP contribution is 2.46. The maximum absolute atomic E-state index is 14.9. The van der Waals surface area contributed by atoms with Gasteiger partial charge in [-0.3, -0.25) is 0 Å². The molecule has 0 aliphatic heterocycles. The largest absolute Gasteiger partial charge is 0.573 e. The molecule has 1 saturated carbocycles. The second-order valence-electron chi connectivity index (χ2n) is 9.88. The van der Waals surface area contributed by atoms with E-state index < -0.39 is 18.1 Å². The first-order valence-electron chi connectivity index (χ1n) is 11.3. The van der Waals surface area contributed by atoms with Crippen LogP contribution in [0.4, 0.5) is 29.2 Å². The van der Waals surface area contributed by atoms with Crippen molar-refractivity contribution in [1.82, 2.24) is 9.55 Å². The third-order valence-corrected chi connectivity index (χ3v) is 6.26. The lowest BCUT2D eigenvalue weighted by Gasteiger charge is -2.40. The molecule has 1 aliphatic carbocycles. The van der Waals surface area contributed by atoms with Gasteiger partial charge in [-0.1, -0.05) is 20.8 Å². The molecule has 2 atom stereocenters. The summed E-state index contributed by atoms with van der Waals surface area (Å²) in [6, 6.07) is 7.92. The molecule has 0 bridgehead atoms. The van der Waals surface area contributed by atoms with E-state index in [1.807, 2.05) is 4.57 Å². The fourth-order valence-electron chi connectivity index (χ4n) is 5.20. The predicted molar refractivity (Wildman–Crippen MR) is 123 cm³/mol. The second kappa shape index (κ2) is 9.05. The maximum Gasteiger partial charge on any atom is 0.573 e. The number of rotatable bonds is 5. The van der Waals surface area contributed by atoms with E-state index in [4.69, 9.17) is 0 Å². The summed E-state index contributed by atoms with van der Waals surface area (Å²) in [5.41, 5.74) is 1.24. The molecular weight excluding hydrogens is 466 g/mol. The van der Waals surface area contributed by atoms with E-state index in [-0.39, 0.29) is 22.8 Å². The molecule has 0 radical (unpaired) electrons. The first kappa shape index (κ1) is 24.8. The van der Waals surface area contributed by atoms with Crippen LogP contribution in [-0.4, -0.2) is 29.0 Å². The average molecular weight is 494 g/mol. The van der Waals surface area contributed by atoms with Gasteiger partial charge in [0.1, 0.15) is 11.6 Å². The monoisotopic (exact) mass is 493 g/mol. The van der Waals surface area contributed by atoms with Crippen molar-refractivity contribution >= 4 is 28.6 Å². The topological polar surface area (TPSA) is 65.4 Å². The molecule has 6 nitrogen and oxygen atoms in total. The van der Waals surface area contributed by atoms with E-state index in [0.29, 0.717) is 28.6 Å². The molecule has 10 heteroatoms. The van der Waals surface area contributed by atoms with Gasteiger partial charge in [0.05, 0.1) is 23.7 Å². The Balaban J connectivity index is 1.77. The minimum absolute atomic E-state index is 0.00235. The molecule has 1 aliphatic rings. The maximum atomic E-state index is 14.9. The summed E-state index contributed by atoms with van der Waals surface area (Å²) in [4.78, 5) is 16.6. The molecule has 35 heavy (non-hydrogen) atoms. The molecular formula is C25H27F4N3O3. The van der Waals surface area contributed by atoms with Crippen molar-refractivity contribution < 1.29 is 31.8 Å². The lowest BCUT2D eigenvalue weighted by molar-refractivity contribution is -0.274. The minimum atomic E-state index is -4.78. The Kier molecular flexibility index (Phi) is 6.42. The fourth-order valence-corrected chi connectivity index (χ4v) is 5.20. The normalized spacial score (nSPS) is 20.0. The number of fused-ring (bicyclic) bond motifs is 1. The van der Waals surface area contributed by atoms with Gasteiger partial charge in [0.2, 0.25) is 5.95 Å². The fraction of sp³-hybridized carbons (Fsp3) is 0.440. The van der Waals surface area contributed by atoms with Gasteiger partial charge < -0.3 is 19.4 Å². The number of esters is 1. The minimum Gasteiger partial charge on any atom is -0.465 e. The Morgan fingerprint density at radius 3 is 2.46 bits per heavy atom. The van der Waals surface area contributed by atoms with Crippen LogP contribution in [0, 0.1) is 17.2 Å². The Bertz CT molecular complexity index is 1240. The number of aromatic nitrogens is 2. The van der Waals surface area contributed by atoms with Crippen molar-refractivity contribution in [3.8, 4) is 5.75 Å². The van der Waals surface area contributed by atoms with Crippen molar-refractivity contribution in [2.45, 2.75) is 52.4 Å². The third kappa shape index (κ3) is 5.52. The number of alkyl halides is 3. The number of benzene rings is 2. The molecule has 0 saturated heterocycles. The number of hydrogen-bond acceptors (Lipinski definition) is 5. The number of nitrogens with one attached hydrogen (secondary N) is 1. The number of halogens is 4. The van der Waals surface area contributed by atoms with Crippen LogP contribution >= 0.6 is 0 Å². The Labute approximate surface area is 200 Å². The molecule has 3 aromatic rings. The van der Waals surface area contributed by atoms with Gasteiger partial charge in [-0.25, -0.2) is 14.2 Å². The number of carbonyl (C=O) groups excluding carboxylic acids is 1. The van der Waals surface area contributed by atoms with E-state index in [1.54, 1.807) is 0 Å². The highest BCUT2D eigenvalue weighted by Gasteiger charge is 2.35. The SMILES string of the molecule is COC(=O)c1cc2nc(Nc3ccc(OC(F)(F)F)cc3)n([C@@H]3C[C@H](C)CC(C)(C)C3)c2cc1F. The zero-order valence-electron chi connectivity index (χ0n) is 19.9. The standard InChI is InChI=1S/C25H27F4N3O3/c1-14-9-16(13-24(2,3)12-14)32-21-11-19(26)18(22(33)34-4)10-20(21)31-23(32)30-15-5-7-17(8-6-15)35-25(27,28)29/h5-8,10-11,14,16H,9,12-13H2,1-4H3,(H,30,31)/t14-,16+/m0/s1. The Morgan fingerprint density at radius 1 is 1.17 bits per heavy atom. The molecule has 188 valence electrons. The van der Waals surface area contributed by atoms with E-state index >= 15 is 0 Å². The molecule has 0 amide bonds. The van der Waals surface area contributed by atoms with Crippen molar-refractivity contribution in [3.63, 3.8) is 0 Å². The van der Waals surface area contributed by atoms with Crippen LogP contribution in [0.5, 0.6) is 5.75 Å². The summed E-state index contributed by atoms with van der Waals surface area (Å²) >= 11 is 0. The van der Waals surface area contributed by atoms with Crippen LogP contribution in [0.25, 0.3) is 11.0 Å². The lowest BCUT2D eigenvalue weighted by Crippen LogP contribution is -2.29. The van der Waals surface area contributed by atoms with Gasteiger partial charge in [-0.05, 0) is 60.9 Å². The van der Waals surface area contributed by atoms with E-state index in [0.717, 1.165) is 19.3 Å². The van der Waals surface area contributed by atoms with Crippen LogP contribution in [0.1, 0.15) is 56.4 Å². The van der Waals surface area contributed by atoms with Gasteiger partial charge >= 0.3 is 12.3 Å². The van der Waals surface area contributed by atoms with Crippen LogP contribution in [0.2, 0.25) is 0 Å². The van der Waals surface area contributed by atoms with Crippen molar-refractivity contribution in [2.75, 3.05) is 12.4 Å². The Hall–Kier alpha value is -3.30. The van der Waals surface area contributed by atoms with Crippen molar-refractivity contribution in [2.24, 2.45) is 11.3 Å². The van der Waals surface area contributed by atoms with Gasteiger partial charge in [0.25, 0.3) is 0 Å². The summed E-state index contributed by atoms with van der Waals surface area (Å²) in [7, 11) is 1.18. The molecule has 4 rings (SSSR count). The summed E-state index contributed by atoms with van der Waals surface area (Å²) in [6.45, 7) is 6.56. The van der Waals surface area contributed by atoms with E-state index in [2.05, 4.69) is 40.5 Å². The molecule has 0 unspecified atom stereocenters. The van der Waals surface area contributed by atoms with E-state index in [9.17, 15) is 22.4 Å². The summed E-state index contributed by atoms with van der Waals surface area (Å²) < 4.78 is 62.9. The number of methoxy groups -OCH3 is 1. The van der Waals surface area contributed by atoms with Gasteiger partial charge in [0.15, 0.2) is 0 Å². The quantitative estimate of drug-likeness (QED) is 0.307. The van der Waals surface area contributed by atoms with Gasteiger partial charge in [-0.2, -0.15) is 0 Å². The molecule has 1 N–H and O–H groups in total. The molecule has 2 aromatic carbocycles. The zero-order chi connectivity index (χ0) is 25.5. The van der Waals surface area contributed by atoms with Crippen LogP contribution in [-0.2, 0) is 4.74 Å². The number of anilines is 2.